The van der Waals surface area contributed by atoms with Crippen molar-refractivity contribution in [3.8, 4) is 0 Å². The van der Waals surface area contributed by atoms with Crippen LogP contribution in [0.25, 0.3) is 0 Å². The third kappa shape index (κ3) is 6.22. The van der Waals surface area contributed by atoms with Crippen LogP contribution in [-0.4, -0.2) is 32.0 Å². The highest BCUT2D eigenvalue weighted by Crippen LogP contribution is 2.15. The molecule has 0 saturated carbocycles. The summed E-state index contributed by atoms with van der Waals surface area (Å²) in [6, 6.07) is 5.17. The van der Waals surface area contributed by atoms with E-state index in [1.54, 1.807) is 25.2 Å². The molecule has 0 aliphatic carbocycles. The van der Waals surface area contributed by atoms with Crippen LogP contribution < -0.4 is 16.0 Å². The highest BCUT2D eigenvalue weighted by Gasteiger charge is 2.14. The second-order valence-electron chi connectivity index (χ2n) is 6.50. The summed E-state index contributed by atoms with van der Waals surface area (Å²) in [7, 11) is 1.77. The molecule has 0 saturated heterocycles. The fourth-order valence-corrected chi connectivity index (χ4v) is 2.06. The minimum absolute atomic E-state index is 0.150. The Labute approximate surface area is 145 Å². The summed E-state index contributed by atoms with van der Waals surface area (Å²) in [5.74, 6) is 0.561. The predicted octanol–water partition coefficient (Wildman–Crippen LogP) is 3.28. The van der Waals surface area contributed by atoms with Crippen LogP contribution >= 0.6 is 0 Å². The molecule has 2 amide bonds. The molecule has 2 unspecified atom stereocenters. The van der Waals surface area contributed by atoms with Crippen LogP contribution in [-0.2, 0) is 0 Å². The van der Waals surface area contributed by atoms with Crippen molar-refractivity contribution in [3.05, 3.63) is 29.3 Å². The fourth-order valence-electron chi connectivity index (χ4n) is 2.06. The van der Waals surface area contributed by atoms with Gasteiger partial charge < -0.3 is 16.0 Å². The number of hydrogen-bond donors (Lipinski definition) is 3. The molecule has 0 aliphatic heterocycles. The van der Waals surface area contributed by atoms with E-state index in [-0.39, 0.29) is 11.8 Å². The normalized spacial score (nSPS) is 13.0. The lowest BCUT2D eigenvalue weighted by atomic mass is 10.1. The van der Waals surface area contributed by atoms with Gasteiger partial charge in [0.2, 0.25) is 0 Å². The number of benzene rings is 1. The average Bonchev–Trinajstić information content (AvgIpc) is 2.62. The van der Waals surface area contributed by atoms with Gasteiger partial charge in [-0.2, -0.15) is 0 Å². The van der Waals surface area contributed by atoms with Crippen molar-refractivity contribution in [2.45, 2.75) is 40.5 Å². The smallest absolute Gasteiger partial charge is 0.251 e. The lowest BCUT2D eigenvalue weighted by Gasteiger charge is -2.14. The van der Waals surface area contributed by atoms with Crippen molar-refractivity contribution < 1.29 is 9.59 Å². The van der Waals surface area contributed by atoms with Gasteiger partial charge in [0.1, 0.15) is 0 Å². The molecular formula is C19H31N3O2. The highest BCUT2D eigenvalue weighted by molar-refractivity contribution is 6.01. The molecule has 24 heavy (non-hydrogen) atoms. The lowest BCUT2D eigenvalue weighted by Crippen LogP contribution is -2.30. The molecule has 1 aromatic carbocycles. The summed E-state index contributed by atoms with van der Waals surface area (Å²) in [5, 5.41) is 8.87. The van der Waals surface area contributed by atoms with E-state index in [1.807, 2.05) is 0 Å². The zero-order valence-electron chi connectivity index (χ0n) is 15.5. The maximum absolute atomic E-state index is 12.3. The van der Waals surface area contributed by atoms with Crippen molar-refractivity contribution >= 4 is 17.5 Å². The third-order valence-corrected chi connectivity index (χ3v) is 4.36. The second-order valence-corrected chi connectivity index (χ2v) is 6.50. The average molecular weight is 333 g/mol. The number of carbonyl (C=O) groups is 2. The van der Waals surface area contributed by atoms with Crippen LogP contribution in [0.15, 0.2) is 18.2 Å². The van der Waals surface area contributed by atoms with Crippen LogP contribution in [0, 0.1) is 11.8 Å². The lowest BCUT2D eigenvalue weighted by molar-refractivity contribution is 0.0947. The van der Waals surface area contributed by atoms with Gasteiger partial charge in [-0.05, 0) is 30.0 Å². The molecule has 0 spiro atoms. The van der Waals surface area contributed by atoms with Gasteiger partial charge in [-0.3, -0.25) is 9.59 Å². The predicted molar refractivity (Wildman–Crippen MR) is 99.6 cm³/mol. The van der Waals surface area contributed by atoms with Crippen LogP contribution in [0.2, 0.25) is 0 Å². The molecule has 0 bridgehead atoms. The Balaban J connectivity index is 2.87. The van der Waals surface area contributed by atoms with Crippen molar-refractivity contribution in [3.63, 3.8) is 0 Å². The summed E-state index contributed by atoms with van der Waals surface area (Å²) in [4.78, 5) is 24.7. The number of carbonyl (C=O) groups excluding carboxylic acids is 2. The summed E-state index contributed by atoms with van der Waals surface area (Å²) in [6.45, 7) is 9.65. The highest BCUT2D eigenvalue weighted by atomic mass is 16.2. The quantitative estimate of drug-likeness (QED) is 0.649. The standard InChI is InChI=1S/C19H31N3O2/c1-6-13(3)11-21-18(23)15-8-16(10-17(9-15)20-5)19(24)22-12-14(4)7-2/h8-10,13-14,20H,6-7,11-12H2,1-5H3,(H,21,23)(H,22,24). The van der Waals surface area contributed by atoms with Crippen LogP contribution in [0.5, 0.6) is 0 Å². The fraction of sp³-hybridized carbons (Fsp3) is 0.579. The number of nitrogens with one attached hydrogen (secondary N) is 3. The Morgan fingerprint density at radius 2 is 1.29 bits per heavy atom. The first-order valence-corrected chi connectivity index (χ1v) is 8.80. The van der Waals surface area contributed by atoms with E-state index in [0.29, 0.717) is 36.1 Å². The SMILES string of the molecule is CCC(C)CNC(=O)c1cc(NC)cc(C(=O)NCC(C)CC)c1. The van der Waals surface area contributed by atoms with Crippen molar-refractivity contribution in [2.75, 3.05) is 25.5 Å². The van der Waals surface area contributed by atoms with Gasteiger partial charge in [-0.15, -0.1) is 0 Å². The van der Waals surface area contributed by atoms with Gasteiger partial charge in [0.25, 0.3) is 11.8 Å². The summed E-state index contributed by atoms with van der Waals surface area (Å²) < 4.78 is 0. The van der Waals surface area contributed by atoms with Crippen LogP contribution in [0.1, 0.15) is 61.3 Å². The monoisotopic (exact) mass is 333 g/mol. The van der Waals surface area contributed by atoms with Gasteiger partial charge in [-0.25, -0.2) is 0 Å². The minimum atomic E-state index is -0.150. The summed E-state index contributed by atoms with van der Waals surface area (Å²) >= 11 is 0. The Morgan fingerprint density at radius 3 is 1.62 bits per heavy atom. The molecule has 0 heterocycles. The van der Waals surface area contributed by atoms with Crippen molar-refractivity contribution in [1.82, 2.24) is 10.6 Å². The first kappa shape index (κ1) is 20.0. The van der Waals surface area contributed by atoms with Gasteiger partial charge >= 0.3 is 0 Å². The number of anilines is 1. The molecule has 2 atom stereocenters. The second kappa shape index (κ2) is 9.96. The third-order valence-electron chi connectivity index (χ3n) is 4.36. The van der Waals surface area contributed by atoms with Crippen molar-refractivity contribution in [2.24, 2.45) is 11.8 Å². The van der Waals surface area contributed by atoms with E-state index in [9.17, 15) is 9.59 Å². The molecule has 0 aliphatic rings. The van der Waals surface area contributed by atoms with E-state index in [2.05, 4.69) is 43.6 Å². The molecule has 134 valence electrons. The Hall–Kier alpha value is -2.04. The van der Waals surface area contributed by atoms with E-state index in [4.69, 9.17) is 0 Å². The molecule has 0 aromatic heterocycles. The molecule has 1 rings (SSSR count). The van der Waals surface area contributed by atoms with E-state index in [0.717, 1.165) is 18.5 Å². The Morgan fingerprint density at radius 1 is 0.875 bits per heavy atom. The first-order valence-electron chi connectivity index (χ1n) is 8.80. The van der Waals surface area contributed by atoms with Gasteiger partial charge in [-0.1, -0.05) is 40.5 Å². The van der Waals surface area contributed by atoms with Crippen molar-refractivity contribution in [1.29, 1.82) is 0 Å². The minimum Gasteiger partial charge on any atom is -0.388 e. The van der Waals surface area contributed by atoms with Crippen LogP contribution in [0.3, 0.4) is 0 Å². The van der Waals surface area contributed by atoms with E-state index in [1.165, 1.54) is 0 Å². The summed E-state index contributed by atoms with van der Waals surface area (Å²) in [5.41, 5.74) is 1.75. The maximum atomic E-state index is 12.3. The largest absolute Gasteiger partial charge is 0.388 e. The van der Waals surface area contributed by atoms with Gasteiger partial charge in [0.15, 0.2) is 0 Å². The number of hydrogen-bond acceptors (Lipinski definition) is 3. The first-order chi connectivity index (χ1) is 11.4. The number of amides is 2. The molecule has 3 N–H and O–H groups in total. The Bertz CT molecular complexity index is 513. The summed E-state index contributed by atoms with van der Waals surface area (Å²) in [6.07, 6.45) is 2.03. The molecule has 0 fully saturated rings. The molecule has 0 radical (unpaired) electrons. The molecular weight excluding hydrogens is 302 g/mol. The Kier molecular flexibility index (Phi) is 8.30. The maximum Gasteiger partial charge on any atom is 0.251 e. The van der Waals surface area contributed by atoms with Gasteiger partial charge in [0.05, 0.1) is 0 Å². The van der Waals surface area contributed by atoms with E-state index >= 15 is 0 Å². The topological polar surface area (TPSA) is 70.2 Å². The zero-order chi connectivity index (χ0) is 18.1. The van der Waals surface area contributed by atoms with Gasteiger partial charge in [0, 0.05) is 37.0 Å². The molecule has 1 aromatic rings. The zero-order valence-corrected chi connectivity index (χ0v) is 15.5. The molecule has 5 nitrogen and oxygen atoms in total. The molecule has 5 heteroatoms. The van der Waals surface area contributed by atoms with E-state index < -0.39 is 0 Å². The number of rotatable bonds is 9. The van der Waals surface area contributed by atoms with Crippen LogP contribution in [0.4, 0.5) is 5.69 Å².